The minimum absolute atomic E-state index is 0.0320. The van der Waals surface area contributed by atoms with E-state index < -0.39 is 0 Å². The number of carbonyl (C=O) groups excluding carboxylic acids is 1. The maximum absolute atomic E-state index is 12.0. The molecule has 5 heteroatoms. The molecule has 0 unspecified atom stereocenters. The molecule has 0 aliphatic rings. The van der Waals surface area contributed by atoms with E-state index in [0.29, 0.717) is 27.5 Å². The third kappa shape index (κ3) is 5.45. The van der Waals surface area contributed by atoms with Crippen molar-refractivity contribution in [3.05, 3.63) is 63.6 Å². The fraction of sp³-hybridized carbons (Fsp3) is 0.278. The highest BCUT2D eigenvalue weighted by atomic mass is 35.5. The maximum atomic E-state index is 12.0. The zero-order valence-corrected chi connectivity index (χ0v) is 15.4. The van der Waals surface area contributed by atoms with Crippen molar-refractivity contribution in [2.45, 2.75) is 25.5 Å². The van der Waals surface area contributed by atoms with Crippen molar-refractivity contribution < 1.29 is 4.79 Å². The van der Waals surface area contributed by atoms with E-state index >= 15 is 0 Å². The molecule has 0 atom stereocenters. The average molecular weight is 368 g/mol. The molecule has 0 fully saturated rings. The van der Waals surface area contributed by atoms with E-state index in [1.165, 1.54) is 17.3 Å². The molecule has 0 heterocycles. The standard InChI is InChI=1S/C18H19Cl2NOS/c1-12(2)13-6-8-14(9-7-13)21-18(22)11-23-10-15-16(19)4-3-5-17(15)20/h3-9,12H,10-11H2,1-2H3,(H,21,22). The highest BCUT2D eigenvalue weighted by Gasteiger charge is 2.08. The van der Waals surface area contributed by atoms with Crippen LogP contribution in [0.5, 0.6) is 0 Å². The Labute approximate surface area is 151 Å². The van der Waals surface area contributed by atoms with E-state index in [1.807, 2.05) is 30.3 Å². The van der Waals surface area contributed by atoms with Gasteiger partial charge in [-0.3, -0.25) is 4.79 Å². The Kier molecular flexibility index (Phi) is 6.82. The van der Waals surface area contributed by atoms with Crippen molar-refractivity contribution in [3.8, 4) is 0 Å². The summed E-state index contributed by atoms with van der Waals surface area (Å²) in [5.74, 6) is 1.41. The summed E-state index contributed by atoms with van der Waals surface area (Å²) < 4.78 is 0. The van der Waals surface area contributed by atoms with Gasteiger partial charge in [0.15, 0.2) is 0 Å². The number of anilines is 1. The van der Waals surface area contributed by atoms with Crippen LogP contribution in [0, 0.1) is 0 Å². The first kappa shape index (κ1) is 18.2. The molecule has 0 saturated heterocycles. The Morgan fingerprint density at radius 1 is 1.09 bits per heavy atom. The number of carbonyl (C=O) groups is 1. The number of benzene rings is 2. The molecule has 0 spiro atoms. The van der Waals surface area contributed by atoms with Gasteiger partial charge in [-0.15, -0.1) is 11.8 Å². The van der Waals surface area contributed by atoms with Crippen LogP contribution in [0.25, 0.3) is 0 Å². The van der Waals surface area contributed by atoms with Gasteiger partial charge >= 0.3 is 0 Å². The molecule has 23 heavy (non-hydrogen) atoms. The lowest BCUT2D eigenvalue weighted by atomic mass is 10.0. The Morgan fingerprint density at radius 3 is 2.26 bits per heavy atom. The van der Waals surface area contributed by atoms with Gasteiger partial charge < -0.3 is 5.32 Å². The van der Waals surface area contributed by atoms with Gasteiger partial charge in [0.1, 0.15) is 0 Å². The van der Waals surface area contributed by atoms with Crippen LogP contribution in [-0.2, 0) is 10.5 Å². The van der Waals surface area contributed by atoms with Gasteiger partial charge in [-0.25, -0.2) is 0 Å². The average Bonchev–Trinajstić information content (AvgIpc) is 2.51. The normalized spacial score (nSPS) is 10.8. The Hall–Kier alpha value is -1.16. The van der Waals surface area contributed by atoms with Crippen LogP contribution in [0.4, 0.5) is 5.69 Å². The smallest absolute Gasteiger partial charge is 0.234 e. The third-order valence-corrected chi connectivity index (χ3v) is 5.07. The van der Waals surface area contributed by atoms with Gasteiger partial charge in [-0.05, 0) is 41.3 Å². The summed E-state index contributed by atoms with van der Waals surface area (Å²) >= 11 is 13.7. The Bertz CT molecular complexity index is 651. The van der Waals surface area contributed by atoms with E-state index in [0.717, 1.165) is 11.3 Å². The molecule has 2 nitrogen and oxygen atoms in total. The molecule has 0 aromatic heterocycles. The van der Waals surface area contributed by atoms with Crippen molar-refractivity contribution in [2.24, 2.45) is 0 Å². The van der Waals surface area contributed by atoms with Gasteiger partial charge in [0, 0.05) is 21.5 Å². The molecule has 122 valence electrons. The van der Waals surface area contributed by atoms with Crippen molar-refractivity contribution in [3.63, 3.8) is 0 Å². The molecule has 1 amide bonds. The minimum Gasteiger partial charge on any atom is -0.325 e. The van der Waals surface area contributed by atoms with Crippen LogP contribution in [0.15, 0.2) is 42.5 Å². The van der Waals surface area contributed by atoms with Crippen LogP contribution in [0.1, 0.15) is 30.9 Å². The number of thioether (sulfide) groups is 1. The highest BCUT2D eigenvalue weighted by Crippen LogP contribution is 2.28. The van der Waals surface area contributed by atoms with E-state index in [-0.39, 0.29) is 5.91 Å². The quantitative estimate of drug-likeness (QED) is 0.679. The van der Waals surface area contributed by atoms with Crippen molar-refractivity contribution >= 4 is 46.6 Å². The Balaban J connectivity index is 1.83. The number of hydrogen-bond donors (Lipinski definition) is 1. The van der Waals surface area contributed by atoms with Crippen LogP contribution in [0.3, 0.4) is 0 Å². The topological polar surface area (TPSA) is 29.1 Å². The summed E-state index contributed by atoms with van der Waals surface area (Å²) in [6, 6.07) is 13.4. The van der Waals surface area contributed by atoms with Crippen LogP contribution in [-0.4, -0.2) is 11.7 Å². The number of rotatable bonds is 6. The van der Waals surface area contributed by atoms with Crippen molar-refractivity contribution in [1.82, 2.24) is 0 Å². The molecule has 1 N–H and O–H groups in total. The molecular weight excluding hydrogens is 349 g/mol. The summed E-state index contributed by atoms with van der Waals surface area (Å²) in [4.78, 5) is 12.0. The molecule has 0 saturated carbocycles. The monoisotopic (exact) mass is 367 g/mol. The SMILES string of the molecule is CC(C)c1ccc(NC(=O)CSCc2c(Cl)cccc2Cl)cc1. The predicted molar refractivity (Wildman–Crippen MR) is 102 cm³/mol. The van der Waals surface area contributed by atoms with Gasteiger partial charge in [0.2, 0.25) is 5.91 Å². The van der Waals surface area contributed by atoms with Crippen molar-refractivity contribution in [2.75, 3.05) is 11.1 Å². The predicted octanol–water partition coefficient (Wildman–Crippen LogP) is 5.99. The second-order valence-electron chi connectivity index (χ2n) is 5.52. The van der Waals surface area contributed by atoms with Crippen LogP contribution in [0.2, 0.25) is 10.0 Å². The molecular formula is C18H19Cl2NOS. The summed E-state index contributed by atoms with van der Waals surface area (Å²) in [5.41, 5.74) is 2.94. The lowest BCUT2D eigenvalue weighted by molar-refractivity contribution is -0.113. The number of amides is 1. The van der Waals surface area contributed by atoms with E-state index in [2.05, 4.69) is 19.2 Å². The van der Waals surface area contributed by atoms with Crippen molar-refractivity contribution in [1.29, 1.82) is 0 Å². The first-order valence-corrected chi connectivity index (χ1v) is 9.29. The van der Waals surface area contributed by atoms with Crippen LogP contribution < -0.4 is 5.32 Å². The maximum Gasteiger partial charge on any atom is 0.234 e. The first-order chi connectivity index (χ1) is 11.0. The summed E-state index contributed by atoms with van der Waals surface area (Å²) in [7, 11) is 0. The molecule has 0 bridgehead atoms. The molecule has 2 rings (SSSR count). The van der Waals surface area contributed by atoms with Crippen LogP contribution >= 0.6 is 35.0 Å². The zero-order chi connectivity index (χ0) is 16.8. The second-order valence-corrected chi connectivity index (χ2v) is 7.32. The fourth-order valence-electron chi connectivity index (χ4n) is 2.06. The number of hydrogen-bond acceptors (Lipinski definition) is 2. The van der Waals surface area contributed by atoms with Gasteiger partial charge in [-0.2, -0.15) is 0 Å². The largest absolute Gasteiger partial charge is 0.325 e. The van der Waals surface area contributed by atoms with Gasteiger partial charge in [0.05, 0.1) is 5.75 Å². The molecule has 2 aromatic rings. The summed E-state index contributed by atoms with van der Waals surface area (Å²) in [6.45, 7) is 4.29. The van der Waals surface area contributed by atoms with Gasteiger partial charge in [0.25, 0.3) is 0 Å². The molecule has 0 radical (unpaired) electrons. The number of halogens is 2. The van der Waals surface area contributed by atoms with E-state index in [4.69, 9.17) is 23.2 Å². The van der Waals surface area contributed by atoms with E-state index in [9.17, 15) is 4.79 Å². The first-order valence-electron chi connectivity index (χ1n) is 7.38. The molecule has 0 aliphatic carbocycles. The summed E-state index contributed by atoms with van der Waals surface area (Å²) in [5, 5.41) is 4.17. The number of nitrogens with one attached hydrogen (secondary N) is 1. The fourth-order valence-corrected chi connectivity index (χ4v) is 3.63. The third-order valence-electron chi connectivity index (χ3n) is 3.40. The Morgan fingerprint density at radius 2 is 1.70 bits per heavy atom. The zero-order valence-electron chi connectivity index (χ0n) is 13.1. The molecule has 0 aliphatic heterocycles. The minimum atomic E-state index is -0.0320. The second kappa shape index (κ2) is 8.62. The van der Waals surface area contributed by atoms with Gasteiger partial charge in [-0.1, -0.05) is 55.2 Å². The lowest BCUT2D eigenvalue weighted by Crippen LogP contribution is -2.14. The van der Waals surface area contributed by atoms with E-state index in [1.54, 1.807) is 12.1 Å². The molecule has 2 aromatic carbocycles. The highest BCUT2D eigenvalue weighted by molar-refractivity contribution is 7.99. The summed E-state index contributed by atoms with van der Waals surface area (Å²) in [6.07, 6.45) is 0. The lowest BCUT2D eigenvalue weighted by Gasteiger charge is -2.09.